The number of aromatic nitrogens is 4. The molecule has 2 N–H and O–H groups in total. The predicted molar refractivity (Wildman–Crippen MR) is 129 cm³/mol. The number of fused-ring (bicyclic) bond motifs is 1. The van der Waals surface area contributed by atoms with Crippen LogP contribution in [-0.2, 0) is 4.74 Å². The zero-order valence-corrected chi connectivity index (χ0v) is 19.5. The van der Waals surface area contributed by atoms with E-state index in [0.717, 1.165) is 37.7 Å². The SMILES string of the molecule is CNC(=O)c1ccnc(N[C@H]2CC[C@@H](Oc3cc(C4=CCOCC4)cn4ncc(C#N)c34)CC2)n1. The maximum absolute atomic E-state index is 11.8. The largest absolute Gasteiger partial charge is 0.488 e. The molecule has 0 radical (unpaired) electrons. The number of carbonyl (C=O) groups excluding carboxylic acids is 1. The van der Waals surface area contributed by atoms with Gasteiger partial charge in [0.1, 0.15) is 28.6 Å². The number of nitrogens with zero attached hydrogens (tertiary/aromatic N) is 5. The van der Waals surface area contributed by atoms with Gasteiger partial charge in [0, 0.05) is 25.5 Å². The molecule has 1 aliphatic heterocycles. The van der Waals surface area contributed by atoms with E-state index in [2.05, 4.69) is 37.8 Å². The molecule has 4 heterocycles. The van der Waals surface area contributed by atoms with Crippen LogP contribution in [0.5, 0.6) is 5.75 Å². The lowest BCUT2D eigenvalue weighted by atomic mass is 9.93. The Morgan fingerprint density at radius 3 is 2.91 bits per heavy atom. The van der Waals surface area contributed by atoms with Crippen LogP contribution in [0.4, 0.5) is 5.95 Å². The quantitative estimate of drug-likeness (QED) is 0.560. The molecule has 3 aromatic rings. The molecular formula is C25H27N7O3. The molecule has 1 fully saturated rings. The molecule has 3 aromatic heterocycles. The molecule has 1 amide bonds. The van der Waals surface area contributed by atoms with Crippen molar-refractivity contribution >= 4 is 22.9 Å². The van der Waals surface area contributed by atoms with Crippen LogP contribution in [0.3, 0.4) is 0 Å². The number of hydrogen-bond donors (Lipinski definition) is 2. The van der Waals surface area contributed by atoms with Crippen LogP contribution >= 0.6 is 0 Å². The molecular weight excluding hydrogens is 446 g/mol. The summed E-state index contributed by atoms with van der Waals surface area (Å²) in [4.78, 5) is 20.4. The third kappa shape index (κ3) is 4.95. The zero-order valence-electron chi connectivity index (χ0n) is 19.5. The molecule has 0 bridgehead atoms. The summed E-state index contributed by atoms with van der Waals surface area (Å²) in [6.45, 7) is 1.29. The van der Waals surface area contributed by atoms with Crippen LogP contribution < -0.4 is 15.4 Å². The fraction of sp³-hybridized carbons (Fsp3) is 0.400. The predicted octanol–water partition coefficient (Wildman–Crippen LogP) is 2.96. The van der Waals surface area contributed by atoms with Crippen LogP contribution in [0.1, 0.15) is 53.7 Å². The van der Waals surface area contributed by atoms with Gasteiger partial charge >= 0.3 is 0 Å². The highest BCUT2D eigenvalue weighted by Gasteiger charge is 2.25. The van der Waals surface area contributed by atoms with E-state index < -0.39 is 0 Å². The lowest BCUT2D eigenvalue weighted by Gasteiger charge is -2.30. The molecule has 0 saturated heterocycles. The normalized spacial score (nSPS) is 20.1. The first-order valence-corrected chi connectivity index (χ1v) is 11.8. The summed E-state index contributed by atoms with van der Waals surface area (Å²) in [5, 5.41) is 19.9. The van der Waals surface area contributed by atoms with Crippen molar-refractivity contribution in [3.05, 3.63) is 53.6 Å². The minimum absolute atomic E-state index is 0.0235. The van der Waals surface area contributed by atoms with Gasteiger partial charge < -0.3 is 20.1 Å². The molecule has 10 nitrogen and oxygen atoms in total. The molecule has 0 spiro atoms. The molecule has 35 heavy (non-hydrogen) atoms. The summed E-state index contributed by atoms with van der Waals surface area (Å²) < 4.78 is 13.7. The van der Waals surface area contributed by atoms with Gasteiger partial charge in [0.2, 0.25) is 5.95 Å². The van der Waals surface area contributed by atoms with E-state index in [1.54, 1.807) is 30.0 Å². The summed E-state index contributed by atoms with van der Waals surface area (Å²) in [5.41, 5.74) is 3.76. The summed E-state index contributed by atoms with van der Waals surface area (Å²) in [6.07, 6.45) is 11.5. The Bertz CT molecular complexity index is 1300. The average Bonchev–Trinajstić information content (AvgIpc) is 3.33. The van der Waals surface area contributed by atoms with Crippen molar-refractivity contribution in [2.75, 3.05) is 25.6 Å². The third-order valence-electron chi connectivity index (χ3n) is 6.45. The number of nitrogens with one attached hydrogen (secondary N) is 2. The van der Waals surface area contributed by atoms with E-state index in [1.165, 1.54) is 5.57 Å². The van der Waals surface area contributed by atoms with Crippen molar-refractivity contribution in [3.8, 4) is 11.8 Å². The van der Waals surface area contributed by atoms with Gasteiger partial charge in [0.25, 0.3) is 5.91 Å². The fourth-order valence-corrected chi connectivity index (χ4v) is 4.59. The van der Waals surface area contributed by atoms with E-state index in [-0.39, 0.29) is 18.1 Å². The Kier molecular flexibility index (Phi) is 6.59. The lowest BCUT2D eigenvalue weighted by molar-refractivity contribution is 0.0958. The number of rotatable bonds is 6. The minimum atomic E-state index is -0.241. The van der Waals surface area contributed by atoms with Crippen LogP contribution in [0.25, 0.3) is 11.1 Å². The number of nitriles is 1. The smallest absolute Gasteiger partial charge is 0.269 e. The van der Waals surface area contributed by atoms with Crippen LogP contribution in [0, 0.1) is 11.3 Å². The maximum Gasteiger partial charge on any atom is 0.269 e. The summed E-state index contributed by atoms with van der Waals surface area (Å²) in [7, 11) is 1.58. The van der Waals surface area contributed by atoms with E-state index in [4.69, 9.17) is 9.47 Å². The Morgan fingerprint density at radius 1 is 1.31 bits per heavy atom. The molecule has 1 aliphatic carbocycles. The second kappa shape index (κ2) is 10.1. The monoisotopic (exact) mass is 473 g/mol. The van der Waals surface area contributed by atoms with Crippen molar-refractivity contribution in [1.29, 1.82) is 5.26 Å². The summed E-state index contributed by atoms with van der Waals surface area (Å²) in [5.74, 6) is 0.892. The highest BCUT2D eigenvalue weighted by Crippen LogP contribution is 2.33. The topological polar surface area (TPSA) is 126 Å². The molecule has 5 rings (SSSR count). The molecule has 0 aromatic carbocycles. The van der Waals surface area contributed by atoms with Crippen LogP contribution in [-0.4, -0.2) is 57.9 Å². The number of anilines is 1. The molecule has 2 aliphatic rings. The number of hydrogen-bond acceptors (Lipinski definition) is 8. The van der Waals surface area contributed by atoms with Crippen molar-refractivity contribution in [3.63, 3.8) is 0 Å². The van der Waals surface area contributed by atoms with Crippen molar-refractivity contribution in [1.82, 2.24) is 24.9 Å². The summed E-state index contributed by atoms with van der Waals surface area (Å²) in [6, 6.07) is 6.03. The highest BCUT2D eigenvalue weighted by molar-refractivity contribution is 5.92. The first kappa shape index (κ1) is 22.8. The van der Waals surface area contributed by atoms with E-state index >= 15 is 0 Å². The average molecular weight is 474 g/mol. The van der Waals surface area contributed by atoms with E-state index in [9.17, 15) is 10.1 Å². The van der Waals surface area contributed by atoms with Gasteiger partial charge in [0.05, 0.1) is 25.5 Å². The Morgan fingerprint density at radius 2 is 2.17 bits per heavy atom. The number of pyridine rings is 1. The zero-order chi connectivity index (χ0) is 24.2. The van der Waals surface area contributed by atoms with E-state index in [0.29, 0.717) is 41.7 Å². The second-order valence-electron chi connectivity index (χ2n) is 8.69. The Hall–Kier alpha value is -3.97. The van der Waals surface area contributed by atoms with Crippen molar-refractivity contribution in [2.24, 2.45) is 0 Å². The maximum atomic E-state index is 11.8. The first-order valence-electron chi connectivity index (χ1n) is 11.8. The molecule has 0 unspecified atom stereocenters. The van der Waals surface area contributed by atoms with Gasteiger partial charge in [-0.15, -0.1) is 0 Å². The second-order valence-corrected chi connectivity index (χ2v) is 8.69. The number of amides is 1. The van der Waals surface area contributed by atoms with Crippen molar-refractivity contribution < 1.29 is 14.3 Å². The van der Waals surface area contributed by atoms with E-state index in [1.807, 2.05) is 12.3 Å². The fourth-order valence-electron chi connectivity index (χ4n) is 4.59. The van der Waals surface area contributed by atoms with Gasteiger partial charge in [-0.25, -0.2) is 14.5 Å². The molecule has 0 atom stereocenters. The standard InChI is InChI=1S/C25H27N7O3/c1-27-24(33)21-6-9-28-25(31-21)30-19-2-4-20(5-3-19)35-22-12-17(16-7-10-34-11-8-16)15-32-23(22)18(13-26)14-29-32/h6-7,9,12,14-15,19-20H,2-5,8,10-11H2,1H3,(H,27,33)(H,28,30,31)/t19-,20+. The number of ether oxygens (including phenoxy) is 2. The van der Waals surface area contributed by atoms with Crippen LogP contribution in [0.2, 0.25) is 0 Å². The Labute approximate surface area is 203 Å². The Balaban J connectivity index is 1.29. The van der Waals surface area contributed by atoms with Crippen LogP contribution in [0.15, 0.2) is 36.8 Å². The molecule has 1 saturated carbocycles. The van der Waals surface area contributed by atoms with Gasteiger partial charge in [0.15, 0.2) is 0 Å². The highest BCUT2D eigenvalue weighted by atomic mass is 16.5. The number of carbonyl (C=O) groups is 1. The minimum Gasteiger partial charge on any atom is -0.488 e. The lowest BCUT2D eigenvalue weighted by Crippen LogP contribution is -2.32. The third-order valence-corrected chi connectivity index (χ3v) is 6.45. The van der Waals surface area contributed by atoms with Crippen molar-refractivity contribution in [2.45, 2.75) is 44.2 Å². The van der Waals surface area contributed by atoms with Gasteiger partial charge in [-0.3, -0.25) is 4.79 Å². The van der Waals surface area contributed by atoms with Gasteiger partial charge in [-0.05, 0) is 55.4 Å². The van der Waals surface area contributed by atoms with Gasteiger partial charge in [-0.2, -0.15) is 10.4 Å². The van der Waals surface area contributed by atoms with Gasteiger partial charge in [-0.1, -0.05) is 6.08 Å². The molecule has 10 heteroatoms. The summed E-state index contributed by atoms with van der Waals surface area (Å²) >= 11 is 0. The molecule has 180 valence electrons. The first-order chi connectivity index (χ1) is 17.1.